The van der Waals surface area contributed by atoms with Gasteiger partial charge in [0, 0.05) is 10.9 Å². The van der Waals surface area contributed by atoms with Gasteiger partial charge in [-0.25, -0.2) is 0 Å². The molecule has 2 nitrogen and oxygen atoms in total. The van der Waals surface area contributed by atoms with Crippen LogP contribution < -0.4 is 4.74 Å². The topological polar surface area (TPSA) is 29.5 Å². The van der Waals surface area contributed by atoms with Crippen LogP contribution in [0, 0.1) is 6.92 Å². The van der Waals surface area contributed by atoms with Gasteiger partial charge in [0.1, 0.15) is 5.75 Å². The molecule has 0 amide bonds. The number of aliphatic hydroxyl groups is 1. The summed E-state index contributed by atoms with van der Waals surface area (Å²) in [7, 11) is 1.66. The summed E-state index contributed by atoms with van der Waals surface area (Å²) < 4.78 is 6.26. The monoisotopic (exact) mass is 270 g/mol. The van der Waals surface area contributed by atoms with Crippen LogP contribution in [-0.4, -0.2) is 17.8 Å². The fourth-order valence-electron chi connectivity index (χ4n) is 1.69. The number of hydrogen-bond donors (Lipinski definition) is 1. The number of rotatable bonds is 3. The first-order chi connectivity index (χ1) is 7.04. The van der Waals surface area contributed by atoms with Crippen molar-refractivity contribution in [1.29, 1.82) is 0 Å². The Morgan fingerprint density at radius 1 is 1.47 bits per heavy atom. The van der Waals surface area contributed by atoms with E-state index < -0.39 is 5.60 Å². The van der Waals surface area contributed by atoms with Gasteiger partial charge in [-0.1, -0.05) is 15.9 Å². The fourth-order valence-corrected chi connectivity index (χ4v) is 2.17. The molecule has 1 aliphatic rings. The standard InChI is InChI=1S/C12H15BrO2/c1-8-9(7-12(14)3-4-12)5-10(15-2)6-11(8)13/h5-6,14H,3-4,7H2,1-2H3. The van der Waals surface area contributed by atoms with Gasteiger partial charge in [0.15, 0.2) is 0 Å². The average Bonchev–Trinajstić information content (AvgIpc) is 2.91. The SMILES string of the molecule is COc1cc(Br)c(C)c(CC2(O)CC2)c1. The maximum absolute atomic E-state index is 9.90. The van der Waals surface area contributed by atoms with E-state index in [9.17, 15) is 5.11 Å². The molecule has 1 aliphatic carbocycles. The van der Waals surface area contributed by atoms with Crippen molar-refractivity contribution >= 4 is 15.9 Å². The second-order valence-corrected chi connectivity index (χ2v) is 5.15. The Morgan fingerprint density at radius 2 is 2.13 bits per heavy atom. The lowest BCUT2D eigenvalue weighted by molar-refractivity contribution is 0.150. The molecule has 0 radical (unpaired) electrons. The van der Waals surface area contributed by atoms with Gasteiger partial charge < -0.3 is 9.84 Å². The molecule has 0 bridgehead atoms. The van der Waals surface area contributed by atoms with Crippen molar-refractivity contribution < 1.29 is 9.84 Å². The lowest BCUT2D eigenvalue weighted by atomic mass is 10.0. The first-order valence-corrected chi connectivity index (χ1v) is 5.89. The molecule has 0 aliphatic heterocycles. The Hall–Kier alpha value is -0.540. The van der Waals surface area contributed by atoms with Crippen LogP contribution in [-0.2, 0) is 6.42 Å². The summed E-state index contributed by atoms with van der Waals surface area (Å²) in [5.41, 5.74) is 1.91. The van der Waals surface area contributed by atoms with Crippen LogP contribution in [0.4, 0.5) is 0 Å². The summed E-state index contributed by atoms with van der Waals surface area (Å²) in [5.74, 6) is 0.840. The van der Waals surface area contributed by atoms with Crippen molar-refractivity contribution in [2.24, 2.45) is 0 Å². The van der Waals surface area contributed by atoms with Crippen LogP contribution >= 0.6 is 15.9 Å². The molecule has 1 N–H and O–H groups in total. The average molecular weight is 271 g/mol. The third-order valence-electron chi connectivity index (χ3n) is 3.01. The van der Waals surface area contributed by atoms with E-state index in [2.05, 4.69) is 22.9 Å². The lowest BCUT2D eigenvalue weighted by Gasteiger charge is -2.13. The van der Waals surface area contributed by atoms with E-state index in [1.165, 1.54) is 11.1 Å². The third kappa shape index (κ3) is 2.34. The normalized spacial score (nSPS) is 17.6. The van der Waals surface area contributed by atoms with E-state index in [1.807, 2.05) is 12.1 Å². The molecule has 82 valence electrons. The second kappa shape index (κ2) is 3.80. The van der Waals surface area contributed by atoms with Crippen molar-refractivity contribution in [3.05, 3.63) is 27.7 Å². The zero-order valence-corrected chi connectivity index (χ0v) is 10.6. The zero-order valence-electron chi connectivity index (χ0n) is 9.01. The Balaban J connectivity index is 2.31. The molecule has 0 atom stereocenters. The molecular weight excluding hydrogens is 256 g/mol. The molecule has 1 aromatic rings. The molecule has 1 saturated carbocycles. The van der Waals surface area contributed by atoms with Gasteiger partial charge in [0.25, 0.3) is 0 Å². The minimum Gasteiger partial charge on any atom is -0.497 e. The number of hydrogen-bond acceptors (Lipinski definition) is 2. The summed E-state index contributed by atoms with van der Waals surface area (Å²) >= 11 is 3.50. The van der Waals surface area contributed by atoms with Crippen molar-refractivity contribution in [3.63, 3.8) is 0 Å². The highest BCUT2D eigenvalue weighted by Gasteiger charge is 2.40. The minimum absolute atomic E-state index is 0.448. The summed E-state index contributed by atoms with van der Waals surface area (Å²) in [6.45, 7) is 2.06. The summed E-state index contributed by atoms with van der Waals surface area (Å²) in [6, 6.07) is 3.96. The molecule has 0 heterocycles. The van der Waals surface area contributed by atoms with Crippen LogP contribution in [0.1, 0.15) is 24.0 Å². The first-order valence-electron chi connectivity index (χ1n) is 5.09. The quantitative estimate of drug-likeness (QED) is 0.916. The smallest absolute Gasteiger partial charge is 0.120 e. The Morgan fingerprint density at radius 3 is 2.67 bits per heavy atom. The summed E-state index contributed by atoms with van der Waals surface area (Å²) in [4.78, 5) is 0. The second-order valence-electron chi connectivity index (χ2n) is 4.29. The first kappa shape index (κ1) is 11.0. The molecular formula is C12H15BrO2. The molecule has 0 spiro atoms. The van der Waals surface area contributed by atoms with E-state index in [4.69, 9.17) is 4.74 Å². The van der Waals surface area contributed by atoms with Gasteiger partial charge >= 0.3 is 0 Å². The highest BCUT2D eigenvalue weighted by molar-refractivity contribution is 9.10. The van der Waals surface area contributed by atoms with Crippen LogP contribution in [0.3, 0.4) is 0 Å². The van der Waals surface area contributed by atoms with E-state index in [0.717, 1.165) is 29.5 Å². The van der Waals surface area contributed by atoms with Crippen molar-refractivity contribution in [1.82, 2.24) is 0 Å². The van der Waals surface area contributed by atoms with Gasteiger partial charge in [-0.3, -0.25) is 0 Å². The summed E-state index contributed by atoms with van der Waals surface area (Å²) in [5, 5.41) is 9.90. The fraction of sp³-hybridized carbons (Fsp3) is 0.500. The number of halogens is 1. The van der Waals surface area contributed by atoms with E-state index >= 15 is 0 Å². The largest absolute Gasteiger partial charge is 0.497 e. The molecule has 0 aromatic heterocycles. The van der Waals surface area contributed by atoms with Crippen LogP contribution in [0.5, 0.6) is 5.75 Å². The Bertz CT molecular complexity index is 383. The van der Waals surface area contributed by atoms with Gasteiger partial charge in [-0.15, -0.1) is 0 Å². The van der Waals surface area contributed by atoms with Gasteiger partial charge in [-0.05, 0) is 43.0 Å². The molecule has 0 saturated heterocycles. The maximum atomic E-state index is 9.90. The Kier molecular flexibility index (Phi) is 2.77. The van der Waals surface area contributed by atoms with Crippen LogP contribution in [0.25, 0.3) is 0 Å². The molecule has 1 fully saturated rings. The van der Waals surface area contributed by atoms with Gasteiger partial charge in [0.05, 0.1) is 12.7 Å². The van der Waals surface area contributed by atoms with Crippen molar-refractivity contribution in [2.45, 2.75) is 31.8 Å². The van der Waals surface area contributed by atoms with Gasteiger partial charge in [-0.2, -0.15) is 0 Å². The highest BCUT2D eigenvalue weighted by atomic mass is 79.9. The predicted octanol–water partition coefficient (Wildman–Crippen LogP) is 2.83. The molecule has 1 aromatic carbocycles. The van der Waals surface area contributed by atoms with E-state index in [-0.39, 0.29) is 0 Å². The van der Waals surface area contributed by atoms with Gasteiger partial charge in [0.2, 0.25) is 0 Å². The Labute approximate surface area is 98.4 Å². The highest BCUT2D eigenvalue weighted by Crippen LogP contribution is 2.40. The van der Waals surface area contributed by atoms with Crippen molar-refractivity contribution in [3.8, 4) is 5.75 Å². The minimum atomic E-state index is -0.448. The lowest BCUT2D eigenvalue weighted by Crippen LogP contribution is -2.12. The summed E-state index contributed by atoms with van der Waals surface area (Å²) in [6.07, 6.45) is 2.57. The number of benzene rings is 1. The molecule has 15 heavy (non-hydrogen) atoms. The van der Waals surface area contributed by atoms with Crippen LogP contribution in [0.2, 0.25) is 0 Å². The zero-order chi connectivity index (χ0) is 11.1. The molecule has 0 unspecified atom stereocenters. The van der Waals surface area contributed by atoms with E-state index in [0.29, 0.717) is 0 Å². The molecule has 2 rings (SSSR count). The predicted molar refractivity (Wildman–Crippen MR) is 63.3 cm³/mol. The van der Waals surface area contributed by atoms with Crippen LogP contribution in [0.15, 0.2) is 16.6 Å². The number of ether oxygens (including phenoxy) is 1. The molecule has 3 heteroatoms. The van der Waals surface area contributed by atoms with E-state index in [1.54, 1.807) is 7.11 Å². The number of methoxy groups -OCH3 is 1. The third-order valence-corrected chi connectivity index (χ3v) is 3.83. The maximum Gasteiger partial charge on any atom is 0.120 e. The van der Waals surface area contributed by atoms with Crippen molar-refractivity contribution in [2.75, 3.05) is 7.11 Å².